The quantitative estimate of drug-likeness (QED) is 0.652. The molecule has 0 aliphatic rings. The highest BCUT2D eigenvalue weighted by molar-refractivity contribution is 5.85. The van der Waals surface area contributed by atoms with Crippen LogP contribution in [0, 0.1) is 27.3 Å². The van der Waals surface area contributed by atoms with E-state index >= 15 is 0 Å². The summed E-state index contributed by atoms with van der Waals surface area (Å²) in [6.45, 7) is 0. The van der Waals surface area contributed by atoms with Crippen LogP contribution in [0.25, 0.3) is 0 Å². The molecular weight excluding hydrogens is 237 g/mol. The Balaban J connectivity index is 0.00000225. The highest BCUT2D eigenvalue weighted by atomic mass is 35.5. The van der Waals surface area contributed by atoms with E-state index in [1.807, 2.05) is 6.07 Å². The summed E-state index contributed by atoms with van der Waals surface area (Å²) in [6.07, 6.45) is 0.0305. The summed E-state index contributed by atoms with van der Waals surface area (Å²) in [5, 5.41) is 18.8. The lowest BCUT2D eigenvalue weighted by Gasteiger charge is -2.07. The van der Waals surface area contributed by atoms with Gasteiger partial charge in [0, 0.05) is 12.1 Å². The van der Waals surface area contributed by atoms with Crippen LogP contribution < -0.4 is 5.73 Å². The first-order valence-electron chi connectivity index (χ1n) is 4.12. The first-order valence-corrected chi connectivity index (χ1v) is 4.12. The van der Waals surface area contributed by atoms with Crippen LogP contribution in [0.3, 0.4) is 0 Å². The zero-order chi connectivity index (χ0) is 11.4. The minimum Gasteiger partial charge on any atom is -0.323 e. The minimum absolute atomic E-state index is 0. The Morgan fingerprint density at radius 3 is 2.75 bits per heavy atom. The molecule has 0 amide bonds. The van der Waals surface area contributed by atoms with E-state index in [1.165, 1.54) is 6.07 Å². The summed E-state index contributed by atoms with van der Waals surface area (Å²) >= 11 is 0. The molecule has 0 bridgehead atoms. The topological polar surface area (TPSA) is 93.0 Å². The van der Waals surface area contributed by atoms with E-state index in [9.17, 15) is 14.5 Å². The van der Waals surface area contributed by atoms with Gasteiger partial charge in [0.25, 0.3) is 0 Å². The molecule has 0 aliphatic carbocycles. The van der Waals surface area contributed by atoms with Gasteiger partial charge in [0.2, 0.25) is 5.82 Å². The average molecular weight is 246 g/mol. The molecule has 5 nitrogen and oxygen atoms in total. The minimum atomic E-state index is -0.909. The van der Waals surface area contributed by atoms with E-state index in [0.717, 1.165) is 12.1 Å². The van der Waals surface area contributed by atoms with Gasteiger partial charge in [-0.25, -0.2) is 0 Å². The number of hydrogen-bond acceptors (Lipinski definition) is 4. The highest BCUT2D eigenvalue weighted by Gasteiger charge is 2.16. The first-order chi connectivity index (χ1) is 7.06. The van der Waals surface area contributed by atoms with Crippen LogP contribution in [-0.4, -0.2) is 4.92 Å². The van der Waals surface area contributed by atoms with E-state index < -0.39 is 22.5 Å². The molecule has 86 valence electrons. The van der Waals surface area contributed by atoms with E-state index in [2.05, 4.69) is 0 Å². The maximum Gasteiger partial charge on any atom is 0.305 e. The van der Waals surface area contributed by atoms with Crippen molar-refractivity contribution >= 4 is 18.1 Å². The van der Waals surface area contributed by atoms with Crippen LogP contribution in [0.1, 0.15) is 18.0 Å². The van der Waals surface area contributed by atoms with Crippen LogP contribution in [0.2, 0.25) is 0 Å². The molecule has 1 rings (SSSR count). The average Bonchev–Trinajstić information content (AvgIpc) is 2.18. The van der Waals surface area contributed by atoms with Gasteiger partial charge >= 0.3 is 5.69 Å². The molecule has 0 spiro atoms. The Morgan fingerprint density at radius 1 is 1.62 bits per heavy atom. The fraction of sp³-hybridized carbons (Fsp3) is 0.222. The van der Waals surface area contributed by atoms with Gasteiger partial charge < -0.3 is 5.73 Å². The van der Waals surface area contributed by atoms with E-state index in [1.54, 1.807) is 0 Å². The summed E-state index contributed by atoms with van der Waals surface area (Å²) in [4.78, 5) is 9.59. The normalized spacial score (nSPS) is 11.1. The second-order valence-corrected chi connectivity index (χ2v) is 2.94. The van der Waals surface area contributed by atoms with Crippen molar-refractivity contribution in [2.45, 2.75) is 12.5 Å². The third-order valence-corrected chi connectivity index (χ3v) is 1.91. The summed E-state index contributed by atoms with van der Waals surface area (Å²) in [5.74, 6) is -0.909. The van der Waals surface area contributed by atoms with E-state index in [-0.39, 0.29) is 18.8 Å². The monoisotopic (exact) mass is 245 g/mol. The zero-order valence-corrected chi connectivity index (χ0v) is 8.91. The number of nitro benzene ring substituents is 1. The fourth-order valence-electron chi connectivity index (χ4n) is 1.12. The molecule has 1 aromatic rings. The number of halogens is 2. The summed E-state index contributed by atoms with van der Waals surface area (Å²) in [5.41, 5.74) is 5.31. The molecule has 2 N–H and O–H groups in total. The van der Waals surface area contributed by atoms with Crippen molar-refractivity contribution in [1.29, 1.82) is 5.26 Å². The van der Waals surface area contributed by atoms with Crippen molar-refractivity contribution in [2.75, 3.05) is 0 Å². The Bertz CT molecular complexity index is 433. The maximum atomic E-state index is 12.9. The van der Waals surface area contributed by atoms with Gasteiger partial charge in [-0.3, -0.25) is 10.1 Å². The van der Waals surface area contributed by atoms with Crippen molar-refractivity contribution in [3.63, 3.8) is 0 Å². The fourth-order valence-corrected chi connectivity index (χ4v) is 1.12. The third kappa shape index (κ3) is 3.15. The summed E-state index contributed by atoms with van der Waals surface area (Å²) in [7, 11) is 0. The highest BCUT2D eigenvalue weighted by Crippen LogP contribution is 2.22. The van der Waals surface area contributed by atoms with Crippen LogP contribution in [0.4, 0.5) is 10.1 Å². The van der Waals surface area contributed by atoms with Gasteiger partial charge in [-0.1, -0.05) is 6.07 Å². The maximum absolute atomic E-state index is 12.9. The molecule has 0 heterocycles. The molecule has 0 radical (unpaired) electrons. The van der Waals surface area contributed by atoms with Gasteiger partial charge in [-0.05, 0) is 11.6 Å². The number of nitrogens with zero attached hydrogens (tertiary/aromatic N) is 2. The predicted molar refractivity (Wildman–Crippen MR) is 57.5 cm³/mol. The van der Waals surface area contributed by atoms with Crippen LogP contribution in [-0.2, 0) is 0 Å². The SMILES string of the molecule is Cl.N#CC[C@@H](N)c1ccc(F)c([N+](=O)[O-])c1. The second-order valence-electron chi connectivity index (χ2n) is 2.94. The van der Waals surface area contributed by atoms with Crippen LogP contribution >= 0.6 is 12.4 Å². The molecule has 0 aliphatic heterocycles. The lowest BCUT2D eigenvalue weighted by molar-refractivity contribution is -0.387. The number of nitriles is 1. The number of benzene rings is 1. The number of nitro groups is 1. The van der Waals surface area contributed by atoms with Crippen molar-refractivity contribution in [3.05, 3.63) is 39.7 Å². The second kappa shape index (κ2) is 6.00. The number of rotatable bonds is 3. The lowest BCUT2D eigenvalue weighted by Crippen LogP contribution is -2.09. The van der Waals surface area contributed by atoms with Crippen molar-refractivity contribution < 1.29 is 9.31 Å². The van der Waals surface area contributed by atoms with Gasteiger partial charge in [0.05, 0.1) is 17.4 Å². The molecule has 1 aromatic carbocycles. The standard InChI is InChI=1S/C9H8FN3O2.ClH/c10-7-2-1-6(8(12)3-4-11)5-9(7)13(14)15;/h1-2,5,8H,3,12H2;1H/t8-;/m1./s1. The van der Waals surface area contributed by atoms with Gasteiger partial charge in [-0.2, -0.15) is 9.65 Å². The molecule has 0 saturated carbocycles. The molecule has 7 heteroatoms. The lowest BCUT2D eigenvalue weighted by atomic mass is 10.0. The molecule has 0 saturated heterocycles. The Kier molecular flexibility index (Phi) is 5.36. The van der Waals surface area contributed by atoms with Gasteiger partial charge in [-0.15, -0.1) is 12.4 Å². The van der Waals surface area contributed by atoms with Crippen LogP contribution in [0.5, 0.6) is 0 Å². The molecule has 16 heavy (non-hydrogen) atoms. The van der Waals surface area contributed by atoms with Crippen LogP contribution in [0.15, 0.2) is 18.2 Å². The predicted octanol–water partition coefficient (Wildman–Crippen LogP) is 2.07. The molecule has 1 atom stereocenters. The van der Waals surface area contributed by atoms with Gasteiger partial charge in [0.15, 0.2) is 0 Å². The Hall–Kier alpha value is -1.71. The van der Waals surface area contributed by atoms with E-state index in [0.29, 0.717) is 5.56 Å². The molecule has 0 fully saturated rings. The van der Waals surface area contributed by atoms with Crippen molar-refractivity contribution in [3.8, 4) is 6.07 Å². The number of hydrogen-bond donors (Lipinski definition) is 1. The summed E-state index contributed by atoms with van der Waals surface area (Å²) < 4.78 is 12.9. The van der Waals surface area contributed by atoms with Gasteiger partial charge in [0.1, 0.15) is 0 Å². The smallest absolute Gasteiger partial charge is 0.305 e. The largest absolute Gasteiger partial charge is 0.323 e. The first kappa shape index (κ1) is 14.3. The van der Waals surface area contributed by atoms with E-state index in [4.69, 9.17) is 11.0 Å². The zero-order valence-electron chi connectivity index (χ0n) is 8.09. The molecule has 0 aromatic heterocycles. The van der Waals surface area contributed by atoms with Crippen molar-refractivity contribution in [2.24, 2.45) is 5.73 Å². The number of nitrogens with two attached hydrogens (primary N) is 1. The Labute approximate surface area is 97.2 Å². The summed E-state index contributed by atoms with van der Waals surface area (Å²) in [6, 6.07) is 4.58. The van der Waals surface area contributed by atoms with Crippen molar-refractivity contribution in [1.82, 2.24) is 0 Å². The molecular formula is C9H9ClFN3O2. The Morgan fingerprint density at radius 2 is 2.25 bits per heavy atom. The molecule has 0 unspecified atom stereocenters. The third-order valence-electron chi connectivity index (χ3n) is 1.91.